The number of benzene rings is 2. The zero-order valence-electron chi connectivity index (χ0n) is 18.6. The quantitative estimate of drug-likeness (QED) is 0.272. The number of nitrogens with one attached hydrogen (secondary N) is 2. The third kappa shape index (κ3) is 5.07. The Bertz CT molecular complexity index is 1330. The lowest BCUT2D eigenvalue weighted by Crippen LogP contribution is -2.52. The molecule has 1 saturated carbocycles. The minimum absolute atomic E-state index is 0.0264. The van der Waals surface area contributed by atoms with Crippen LogP contribution in [0.25, 0.3) is 6.08 Å². The minimum Gasteiger partial charge on any atom is -0.352 e. The van der Waals surface area contributed by atoms with Gasteiger partial charge in [-0.3, -0.25) is 14.7 Å². The van der Waals surface area contributed by atoms with E-state index < -0.39 is 5.92 Å². The fraction of sp³-hybridized carbons (Fsp3) is 0.280. The van der Waals surface area contributed by atoms with Crippen LogP contribution in [0.2, 0.25) is 5.02 Å². The second kappa shape index (κ2) is 10.1. The van der Waals surface area contributed by atoms with Crippen LogP contribution < -0.4 is 5.32 Å². The number of ketones is 1. The number of carbonyl (C=O) groups is 2. The van der Waals surface area contributed by atoms with E-state index in [4.69, 9.17) is 23.2 Å². The number of carbonyl (C=O) groups excluding carboxylic acids is 2. The topological polar surface area (TPSA) is 87.7 Å². The van der Waals surface area contributed by atoms with E-state index in [1.807, 2.05) is 55.5 Å². The Balaban J connectivity index is 1.20. The highest BCUT2D eigenvalue weighted by molar-refractivity contribution is 9.10. The Hall–Kier alpha value is -2.13. The predicted molar refractivity (Wildman–Crippen MR) is 142 cm³/mol. The molecule has 0 spiro atoms. The van der Waals surface area contributed by atoms with Gasteiger partial charge < -0.3 is 5.32 Å². The van der Waals surface area contributed by atoms with Crippen molar-refractivity contribution in [2.24, 2.45) is 0 Å². The first-order valence-corrected chi connectivity index (χ1v) is 13.7. The zero-order valence-corrected chi connectivity index (χ0v) is 22.5. The van der Waals surface area contributed by atoms with E-state index in [0.717, 1.165) is 21.2 Å². The van der Waals surface area contributed by atoms with Crippen molar-refractivity contribution in [3.63, 3.8) is 0 Å². The number of aromatic amines is 1. The van der Waals surface area contributed by atoms with Crippen molar-refractivity contribution in [3.8, 4) is 0 Å². The zero-order chi connectivity index (χ0) is 24.7. The van der Waals surface area contributed by atoms with Gasteiger partial charge in [0.1, 0.15) is 11.7 Å². The number of aromatic nitrogens is 3. The molecule has 6 nitrogen and oxygen atoms in total. The highest BCUT2D eigenvalue weighted by Gasteiger charge is 2.41. The van der Waals surface area contributed by atoms with Crippen molar-refractivity contribution in [3.05, 3.63) is 80.0 Å². The summed E-state index contributed by atoms with van der Waals surface area (Å²) < 4.78 is 0.849. The number of H-pyrrole nitrogens is 1. The molecule has 2 aromatic carbocycles. The summed E-state index contributed by atoms with van der Waals surface area (Å²) in [5.41, 5.74) is 3.49. The normalized spacial score (nSPS) is 23.3. The summed E-state index contributed by atoms with van der Waals surface area (Å²) >= 11 is 17.1. The van der Waals surface area contributed by atoms with Crippen LogP contribution in [0.5, 0.6) is 0 Å². The van der Waals surface area contributed by atoms with Crippen LogP contribution in [0, 0.1) is 0 Å². The summed E-state index contributed by atoms with van der Waals surface area (Å²) in [6.07, 6.45) is 2.71. The summed E-state index contributed by atoms with van der Waals surface area (Å²) in [5, 5.41) is 11.3. The largest absolute Gasteiger partial charge is 0.352 e. The van der Waals surface area contributed by atoms with Crippen molar-refractivity contribution < 1.29 is 9.59 Å². The number of rotatable bonds is 6. The Morgan fingerprint density at radius 3 is 2.77 bits per heavy atom. The molecule has 4 atom stereocenters. The van der Waals surface area contributed by atoms with Gasteiger partial charge in [0.25, 0.3) is 0 Å². The molecular formula is C25H21BrCl2N4O2S. The van der Waals surface area contributed by atoms with E-state index >= 15 is 0 Å². The van der Waals surface area contributed by atoms with Gasteiger partial charge in [-0.2, -0.15) is 0 Å². The lowest BCUT2D eigenvalue weighted by Gasteiger charge is -2.42. The number of alkyl halides is 1. The maximum Gasteiger partial charge on any atom is 0.230 e. The summed E-state index contributed by atoms with van der Waals surface area (Å²) in [7, 11) is 0. The Morgan fingerprint density at radius 2 is 2.03 bits per heavy atom. The van der Waals surface area contributed by atoms with E-state index in [0.29, 0.717) is 28.0 Å². The van der Waals surface area contributed by atoms with Crippen LogP contribution >= 0.6 is 50.9 Å². The third-order valence-electron chi connectivity index (χ3n) is 6.37. The fourth-order valence-electron chi connectivity index (χ4n) is 4.60. The predicted octanol–water partition coefficient (Wildman–Crippen LogP) is 5.98. The molecule has 4 unspecified atom stereocenters. The number of nitrogens with zero attached hydrogens (tertiary/aromatic N) is 2. The SMILES string of the molecule is CC1=Cc2ccc(Br)cc2C(=O)C1c1nc(SCC(=O)NC2CC(Cl)C2c2ccc(Cl)cc2)n[nH]1. The average molecular weight is 592 g/mol. The van der Waals surface area contributed by atoms with Gasteiger partial charge in [0, 0.05) is 32.4 Å². The summed E-state index contributed by atoms with van der Waals surface area (Å²) in [4.78, 5) is 30.3. The number of hydrogen-bond donors (Lipinski definition) is 2. The molecule has 0 aliphatic heterocycles. The molecule has 1 fully saturated rings. The van der Waals surface area contributed by atoms with Crippen molar-refractivity contribution in [1.29, 1.82) is 0 Å². The van der Waals surface area contributed by atoms with Gasteiger partial charge in [0.05, 0.1) is 5.75 Å². The molecule has 1 amide bonds. The molecule has 2 N–H and O–H groups in total. The van der Waals surface area contributed by atoms with Gasteiger partial charge in [-0.25, -0.2) is 4.98 Å². The molecule has 0 radical (unpaired) electrons. The number of halogens is 3. The van der Waals surface area contributed by atoms with Gasteiger partial charge >= 0.3 is 0 Å². The molecule has 180 valence electrons. The van der Waals surface area contributed by atoms with Crippen molar-refractivity contribution in [2.45, 2.75) is 41.8 Å². The monoisotopic (exact) mass is 590 g/mol. The van der Waals surface area contributed by atoms with Crippen LogP contribution in [0.3, 0.4) is 0 Å². The van der Waals surface area contributed by atoms with Gasteiger partial charge in [-0.15, -0.1) is 16.7 Å². The summed E-state index contributed by atoms with van der Waals surface area (Å²) in [5.74, 6) is 0.0236. The number of allylic oxidation sites excluding steroid dienone is 1. The first-order chi connectivity index (χ1) is 16.8. The third-order valence-corrected chi connectivity index (χ3v) is 8.42. The smallest absolute Gasteiger partial charge is 0.230 e. The summed E-state index contributed by atoms with van der Waals surface area (Å²) in [6, 6.07) is 13.2. The molecule has 1 aromatic heterocycles. The van der Waals surface area contributed by atoms with Crippen molar-refractivity contribution in [2.75, 3.05) is 5.75 Å². The highest BCUT2D eigenvalue weighted by atomic mass is 79.9. The molecule has 0 bridgehead atoms. The maximum absolute atomic E-state index is 13.2. The number of fused-ring (bicyclic) bond motifs is 1. The Kier molecular flexibility index (Phi) is 7.08. The molecule has 35 heavy (non-hydrogen) atoms. The first-order valence-electron chi connectivity index (χ1n) is 11.1. The molecule has 0 saturated heterocycles. The van der Waals surface area contributed by atoms with Gasteiger partial charge in [-0.05, 0) is 48.7 Å². The second-order valence-electron chi connectivity index (χ2n) is 8.71. The standard InChI is InChI=1S/C25H21BrCl2N4O2S/c1-12-8-14-2-5-15(26)9-17(14)23(34)21(12)24-30-25(32-31-24)35-11-20(33)29-19-10-18(28)22(19)13-3-6-16(27)7-4-13/h2-9,18-19,21-22H,10-11H2,1H3,(H,29,33)(H,30,31,32). The number of Topliss-reactive ketones (excluding diaryl/α,β-unsaturated/α-hetero) is 1. The van der Waals surface area contributed by atoms with Crippen LogP contribution in [0.1, 0.15) is 52.5 Å². The molecule has 2 aliphatic rings. The molecule has 3 aromatic rings. The van der Waals surface area contributed by atoms with Gasteiger partial charge in [0.2, 0.25) is 11.1 Å². The first kappa shape index (κ1) is 24.6. The number of thioether (sulfide) groups is 1. The van der Waals surface area contributed by atoms with Crippen LogP contribution in [-0.2, 0) is 4.79 Å². The van der Waals surface area contributed by atoms with E-state index in [9.17, 15) is 9.59 Å². The highest BCUT2D eigenvalue weighted by Crippen LogP contribution is 2.41. The van der Waals surface area contributed by atoms with Crippen LogP contribution in [0.15, 0.2) is 57.7 Å². The minimum atomic E-state index is -0.525. The fourth-order valence-corrected chi connectivity index (χ4v) is 6.21. The molecule has 5 rings (SSSR count). The maximum atomic E-state index is 13.2. The van der Waals surface area contributed by atoms with Gasteiger partial charge in [-0.1, -0.05) is 69.1 Å². The number of hydrogen-bond acceptors (Lipinski definition) is 5. The van der Waals surface area contributed by atoms with Crippen LogP contribution in [-0.4, -0.2) is 44.0 Å². The number of amides is 1. The lowest BCUT2D eigenvalue weighted by atomic mass is 9.74. The van der Waals surface area contributed by atoms with Crippen LogP contribution in [0.4, 0.5) is 0 Å². The lowest BCUT2D eigenvalue weighted by molar-refractivity contribution is -0.119. The molecule has 1 heterocycles. The van der Waals surface area contributed by atoms with E-state index in [2.05, 4.69) is 36.4 Å². The van der Waals surface area contributed by atoms with E-state index in [-0.39, 0.29) is 34.8 Å². The molecule has 2 aliphatic carbocycles. The molecule has 10 heteroatoms. The Labute approximate surface area is 225 Å². The summed E-state index contributed by atoms with van der Waals surface area (Å²) in [6.45, 7) is 1.91. The average Bonchev–Trinajstić information content (AvgIpc) is 3.28. The van der Waals surface area contributed by atoms with E-state index in [1.54, 1.807) is 0 Å². The Morgan fingerprint density at radius 1 is 1.26 bits per heavy atom. The van der Waals surface area contributed by atoms with E-state index in [1.165, 1.54) is 11.8 Å². The van der Waals surface area contributed by atoms with Gasteiger partial charge in [0.15, 0.2) is 5.78 Å². The second-order valence-corrected chi connectivity index (χ2v) is 11.6. The van der Waals surface area contributed by atoms with Crippen molar-refractivity contribution in [1.82, 2.24) is 20.5 Å². The van der Waals surface area contributed by atoms with Crippen molar-refractivity contribution >= 4 is 68.7 Å². The molecular weight excluding hydrogens is 571 g/mol.